The Morgan fingerprint density at radius 1 is 1.18 bits per heavy atom. The summed E-state index contributed by atoms with van der Waals surface area (Å²) >= 11 is 0. The highest BCUT2D eigenvalue weighted by Gasteiger charge is 2.06. The van der Waals surface area contributed by atoms with Crippen molar-refractivity contribution in [3.8, 4) is 0 Å². The molecule has 0 bridgehead atoms. The lowest BCUT2D eigenvalue weighted by Gasteiger charge is -2.10. The Bertz CT molecular complexity index is 399. The highest BCUT2D eigenvalue weighted by Crippen LogP contribution is 2.16. The first-order valence-electron chi connectivity index (χ1n) is 5.91. The second-order valence-corrected chi connectivity index (χ2v) is 4.38. The first kappa shape index (κ1) is 13.7. The van der Waals surface area contributed by atoms with Crippen molar-refractivity contribution in [2.45, 2.75) is 33.8 Å². The number of carbonyl (C=O) groups excluding carboxylic acids is 1. The van der Waals surface area contributed by atoms with Crippen molar-refractivity contribution in [1.29, 1.82) is 0 Å². The van der Waals surface area contributed by atoms with E-state index in [2.05, 4.69) is 31.3 Å². The van der Waals surface area contributed by atoms with Crippen LogP contribution in [0, 0.1) is 20.8 Å². The molecule has 0 aromatic heterocycles. The molecule has 3 nitrogen and oxygen atoms in total. The molecule has 0 aliphatic carbocycles. The quantitative estimate of drug-likeness (QED) is 0.796. The fraction of sp³-hybridized carbons (Fsp3) is 0.500. The molecule has 0 spiro atoms. The fourth-order valence-electron chi connectivity index (χ4n) is 1.63. The second kappa shape index (κ2) is 6.40. The Morgan fingerprint density at radius 2 is 1.82 bits per heavy atom. The van der Waals surface area contributed by atoms with Crippen molar-refractivity contribution < 1.29 is 9.53 Å². The highest BCUT2D eigenvalue weighted by atomic mass is 16.5. The molecule has 0 fully saturated rings. The summed E-state index contributed by atoms with van der Waals surface area (Å²) in [6, 6.07) is 4.22. The van der Waals surface area contributed by atoms with Crippen LogP contribution in [0.2, 0.25) is 0 Å². The van der Waals surface area contributed by atoms with E-state index in [4.69, 9.17) is 4.74 Å². The van der Waals surface area contributed by atoms with Gasteiger partial charge in [0.25, 0.3) is 0 Å². The lowest BCUT2D eigenvalue weighted by atomic mass is 10.0. The summed E-state index contributed by atoms with van der Waals surface area (Å²) in [5, 5.41) is 2.92. The number of hydrogen-bond acceptors (Lipinski definition) is 3. The van der Waals surface area contributed by atoms with Gasteiger partial charge in [-0.15, -0.1) is 0 Å². The average Bonchev–Trinajstić information content (AvgIpc) is 2.29. The van der Waals surface area contributed by atoms with Gasteiger partial charge >= 0.3 is 5.97 Å². The lowest BCUT2D eigenvalue weighted by molar-refractivity contribution is -0.144. The normalized spacial score (nSPS) is 10.4. The summed E-state index contributed by atoms with van der Waals surface area (Å²) in [7, 11) is 1.82. The molecule has 0 aliphatic rings. The average molecular weight is 235 g/mol. The third-order valence-corrected chi connectivity index (χ3v) is 2.92. The second-order valence-electron chi connectivity index (χ2n) is 4.38. The Hall–Kier alpha value is -1.35. The molecule has 3 heteroatoms. The van der Waals surface area contributed by atoms with E-state index in [9.17, 15) is 4.79 Å². The van der Waals surface area contributed by atoms with Gasteiger partial charge < -0.3 is 10.1 Å². The van der Waals surface area contributed by atoms with Gasteiger partial charge in [0, 0.05) is 6.54 Å². The highest BCUT2D eigenvalue weighted by molar-refractivity contribution is 5.69. The molecule has 1 rings (SSSR count). The number of rotatable bonds is 5. The van der Waals surface area contributed by atoms with Crippen molar-refractivity contribution in [2.75, 3.05) is 13.6 Å². The van der Waals surface area contributed by atoms with Crippen molar-refractivity contribution in [2.24, 2.45) is 0 Å². The molecule has 0 heterocycles. The van der Waals surface area contributed by atoms with Crippen LogP contribution >= 0.6 is 0 Å². The van der Waals surface area contributed by atoms with Crippen LogP contribution in [0.15, 0.2) is 12.1 Å². The molecule has 0 aliphatic heterocycles. The van der Waals surface area contributed by atoms with Crippen molar-refractivity contribution in [1.82, 2.24) is 5.32 Å². The molecule has 0 amide bonds. The van der Waals surface area contributed by atoms with Gasteiger partial charge in [-0.05, 0) is 50.1 Å². The van der Waals surface area contributed by atoms with Crippen LogP contribution in [-0.2, 0) is 16.1 Å². The number of hydrogen-bond donors (Lipinski definition) is 1. The smallest absolute Gasteiger partial charge is 0.307 e. The van der Waals surface area contributed by atoms with E-state index < -0.39 is 0 Å². The topological polar surface area (TPSA) is 38.3 Å². The summed E-state index contributed by atoms with van der Waals surface area (Å²) in [6.07, 6.45) is 0.417. The van der Waals surface area contributed by atoms with Crippen LogP contribution in [0.3, 0.4) is 0 Å². The zero-order chi connectivity index (χ0) is 12.8. The van der Waals surface area contributed by atoms with Crippen LogP contribution in [0.5, 0.6) is 0 Å². The van der Waals surface area contributed by atoms with Gasteiger partial charge in [-0.2, -0.15) is 0 Å². The Morgan fingerprint density at radius 3 is 2.47 bits per heavy atom. The minimum Gasteiger partial charge on any atom is -0.461 e. The first-order chi connectivity index (χ1) is 8.04. The maximum absolute atomic E-state index is 11.4. The third-order valence-electron chi connectivity index (χ3n) is 2.92. The SMILES string of the molecule is CNCCC(=O)OCc1cc(C)c(C)cc1C. The number of esters is 1. The molecule has 0 radical (unpaired) electrons. The first-order valence-corrected chi connectivity index (χ1v) is 5.91. The summed E-state index contributed by atoms with van der Waals surface area (Å²) in [5.41, 5.74) is 4.77. The van der Waals surface area contributed by atoms with Gasteiger partial charge in [-0.3, -0.25) is 4.79 Å². The fourth-order valence-corrected chi connectivity index (χ4v) is 1.63. The minimum absolute atomic E-state index is 0.156. The van der Waals surface area contributed by atoms with Gasteiger partial charge in [-0.1, -0.05) is 12.1 Å². The number of benzene rings is 1. The maximum Gasteiger partial charge on any atom is 0.307 e. The third kappa shape index (κ3) is 4.19. The molecule has 1 N–H and O–H groups in total. The number of nitrogens with one attached hydrogen (secondary N) is 1. The predicted octanol–water partition coefficient (Wildman–Crippen LogP) is 2.26. The lowest BCUT2D eigenvalue weighted by Crippen LogP contribution is -2.15. The number of aryl methyl sites for hydroxylation is 3. The molecule has 0 unspecified atom stereocenters. The van der Waals surface area contributed by atoms with Crippen LogP contribution < -0.4 is 5.32 Å². The van der Waals surface area contributed by atoms with E-state index >= 15 is 0 Å². The van der Waals surface area contributed by atoms with E-state index in [1.807, 2.05) is 14.0 Å². The van der Waals surface area contributed by atoms with Gasteiger partial charge in [0.05, 0.1) is 6.42 Å². The van der Waals surface area contributed by atoms with Gasteiger partial charge in [0.15, 0.2) is 0 Å². The molecule has 0 saturated carbocycles. The number of carbonyl (C=O) groups is 1. The standard InChI is InChI=1S/C14H21NO2/c1-10-7-12(3)13(8-11(10)2)9-17-14(16)5-6-15-4/h7-8,15H,5-6,9H2,1-4H3. The largest absolute Gasteiger partial charge is 0.461 e. The van der Waals surface area contributed by atoms with Crippen molar-refractivity contribution >= 4 is 5.97 Å². The molecular formula is C14H21NO2. The number of ether oxygens (including phenoxy) is 1. The Labute approximate surface area is 103 Å². The summed E-state index contributed by atoms with van der Waals surface area (Å²) in [5.74, 6) is -0.156. The van der Waals surface area contributed by atoms with E-state index in [0.717, 1.165) is 5.56 Å². The molecule has 17 heavy (non-hydrogen) atoms. The molecule has 0 atom stereocenters. The van der Waals surface area contributed by atoms with Crippen LogP contribution in [-0.4, -0.2) is 19.6 Å². The molecule has 1 aromatic rings. The summed E-state index contributed by atoms with van der Waals surface area (Å²) < 4.78 is 5.23. The van der Waals surface area contributed by atoms with Crippen molar-refractivity contribution in [3.63, 3.8) is 0 Å². The zero-order valence-corrected chi connectivity index (χ0v) is 11.1. The Balaban J connectivity index is 2.57. The zero-order valence-electron chi connectivity index (χ0n) is 11.1. The van der Waals surface area contributed by atoms with E-state index in [1.54, 1.807) is 0 Å². The van der Waals surface area contributed by atoms with Gasteiger partial charge in [0.1, 0.15) is 6.61 Å². The molecule has 0 saturated heterocycles. The van der Waals surface area contributed by atoms with Gasteiger partial charge in [-0.25, -0.2) is 0 Å². The molecule has 94 valence electrons. The van der Waals surface area contributed by atoms with E-state index in [-0.39, 0.29) is 5.97 Å². The van der Waals surface area contributed by atoms with Crippen LogP contribution in [0.1, 0.15) is 28.7 Å². The summed E-state index contributed by atoms with van der Waals surface area (Å²) in [4.78, 5) is 11.4. The maximum atomic E-state index is 11.4. The summed E-state index contributed by atoms with van der Waals surface area (Å²) in [6.45, 7) is 7.23. The van der Waals surface area contributed by atoms with Gasteiger partial charge in [0.2, 0.25) is 0 Å². The molecule has 1 aromatic carbocycles. The molecular weight excluding hydrogens is 214 g/mol. The van der Waals surface area contributed by atoms with Crippen LogP contribution in [0.25, 0.3) is 0 Å². The monoisotopic (exact) mass is 235 g/mol. The minimum atomic E-state index is -0.156. The van der Waals surface area contributed by atoms with E-state index in [1.165, 1.54) is 16.7 Å². The Kier molecular flexibility index (Phi) is 5.16. The van der Waals surface area contributed by atoms with E-state index in [0.29, 0.717) is 19.6 Å². The van der Waals surface area contributed by atoms with Crippen LogP contribution in [0.4, 0.5) is 0 Å². The predicted molar refractivity (Wildman–Crippen MR) is 69.0 cm³/mol. The van der Waals surface area contributed by atoms with Crippen molar-refractivity contribution in [3.05, 3.63) is 34.4 Å².